The van der Waals surface area contributed by atoms with Crippen molar-refractivity contribution in [1.82, 2.24) is 26.2 Å². The van der Waals surface area contributed by atoms with Gasteiger partial charge in [0.15, 0.2) is 11.9 Å². The van der Waals surface area contributed by atoms with E-state index in [1.165, 1.54) is 17.0 Å². The number of nitrogens with two attached hydrogens (primary N) is 5. The number of carboxylic acid groups (broad SMARTS) is 1. The average Bonchev–Trinajstić information content (AvgIpc) is 3.67. The van der Waals surface area contributed by atoms with Crippen LogP contribution in [0.5, 0.6) is 5.75 Å². The Morgan fingerprint density at radius 1 is 0.831 bits per heavy atom. The number of amides is 5. The molecule has 1 heterocycles. The van der Waals surface area contributed by atoms with Crippen LogP contribution < -0.4 is 49.9 Å². The molecule has 0 bridgehead atoms. The summed E-state index contributed by atoms with van der Waals surface area (Å²) in [6.45, 7) is 8.08. The minimum Gasteiger partial charge on any atom is -0.508 e. The Balaban J connectivity index is 2.33. The molecule has 1 fully saturated rings. The van der Waals surface area contributed by atoms with E-state index in [2.05, 4.69) is 31.3 Å². The van der Waals surface area contributed by atoms with E-state index in [0.29, 0.717) is 31.2 Å². The van der Waals surface area contributed by atoms with E-state index >= 15 is 0 Å². The summed E-state index contributed by atoms with van der Waals surface area (Å²) in [5.41, 5.74) is 28.4. The van der Waals surface area contributed by atoms with Gasteiger partial charge in [-0.1, -0.05) is 46.2 Å². The monoisotopic (exact) mass is 831 g/mol. The second kappa shape index (κ2) is 25.0. The predicted molar refractivity (Wildman–Crippen MR) is 223 cm³/mol. The van der Waals surface area contributed by atoms with E-state index in [1.807, 2.05) is 27.7 Å². The second-order valence-corrected chi connectivity index (χ2v) is 15.5. The number of aromatic hydroxyl groups is 1. The van der Waals surface area contributed by atoms with Crippen LogP contribution in [0.25, 0.3) is 0 Å². The fourth-order valence-electron chi connectivity index (χ4n) is 6.65. The Bertz CT molecular complexity index is 1610. The fraction of sp³-hybridized carbons (Fsp3) is 0.641. The number of carboxylic acids is 1. The van der Waals surface area contributed by atoms with Crippen molar-refractivity contribution in [1.29, 1.82) is 0 Å². The molecule has 5 amide bonds. The zero-order valence-electron chi connectivity index (χ0n) is 34.7. The van der Waals surface area contributed by atoms with E-state index in [9.17, 15) is 39.0 Å². The number of phenolic OH excluding ortho intramolecular Hbond substituents is 1. The molecular weight excluding hydrogens is 765 g/mol. The van der Waals surface area contributed by atoms with Gasteiger partial charge in [0, 0.05) is 38.5 Å². The topological polar surface area (TPSA) is 349 Å². The van der Waals surface area contributed by atoms with Gasteiger partial charge in [-0.2, -0.15) is 0 Å². The van der Waals surface area contributed by atoms with Crippen molar-refractivity contribution in [3.63, 3.8) is 0 Å². The van der Waals surface area contributed by atoms with Gasteiger partial charge in [0.05, 0.1) is 6.04 Å². The highest BCUT2D eigenvalue weighted by molar-refractivity contribution is 5.95. The molecule has 0 aliphatic carbocycles. The molecule has 0 saturated carbocycles. The Hall–Kier alpha value is -5.66. The van der Waals surface area contributed by atoms with Gasteiger partial charge in [0.2, 0.25) is 29.5 Å². The fourth-order valence-corrected chi connectivity index (χ4v) is 6.65. The summed E-state index contributed by atoms with van der Waals surface area (Å²) < 4.78 is 0. The highest BCUT2D eigenvalue weighted by Crippen LogP contribution is 2.21. The maximum absolute atomic E-state index is 14.1. The Kier molecular flexibility index (Phi) is 20.9. The summed E-state index contributed by atoms with van der Waals surface area (Å²) in [6.07, 6.45) is 2.44. The summed E-state index contributed by atoms with van der Waals surface area (Å²) >= 11 is 0. The summed E-state index contributed by atoms with van der Waals surface area (Å²) in [7, 11) is 0. The second-order valence-electron chi connectivity index (χ2n) is 15.5. The van der Waals surface area contributed by atoms with E-state index in [1.54, 1.807) is 12.1 Å². The normalized spacial score (nSPS) is 16.7. The van der Waals surface area contributed by atoms with Gasteiger partial charge in [0.1, 0.15) is 29.9 Å². The highest BCUT2D eigenvalue weighted by atomic mass is 16.4. The molecule has 20 heteroatoms. The van der Waals surface area contributed by atoms with Crippen molar-refractivity contribution < 1.29 is 39.0 Å². The maximum Gasteiger partial charge on any atom is 0.326 e. The molecule has 7 atom stereocenters. The molecule has 0 aromatic heterocycles. The lowest BCUT2D eigenvalue weighted by Crippen LogP contribution is -2.58. The molecule has 59 heavy (non-hydrogen) atoms. The lowest BCUT2D eigenvalue weighted by molar-refractivity contribution is -0.142. The van der Waals surface area contributed by atoms with Crippen LogP contribution in [0.3, 0.4) is 0 Å². The Morgan fingerprint density at radius 2 is 1.44 bits per heavy atom. The van der Waals surface area contributed by atoms with Gasteiger partial charge in [-0.05, 0) is 74.5 Å². The van der Waals surface area contributed by atoms with Gasteiger partial charge in [-0.25, -0.2) is 4.79 Å². The van der Waals surface area contributed by atoms with Gasteiger partial charge < -0.3 is 65.0 Å². The number of benzene rings is 1. The van der Waals surface area contributed by atoms with E-state index < -0.39 is 71.8 Å². The highest BCUT2D eigenvalue weighted by Gasteiger charge is 2.39. The zero-order valence-corrected chi connectivity index (χ0v) is 34.7. The third-order valence-corrected chi connectivity index (χ3v) is 10.1. The van der Waals surface area contributed by atoms with Crippen molar-refractivity contribution in [2.75, 3.05) is 19.6 Å². The number of aliphatic imine (C=N–C) groups is 2. The minimum atomic E-state index is -1.18. The SMILES string of the molecule is CC[C@H](C)[C@H](CC(=O)N[C@@H](CC(C)C)C(=O)O)NC(=O)[C@H](Cc1ccc(O)cc1)NC(=O)[C@@H]1CCCN1C(=O)[C@H](CCCN=C(N)N)NC(=O)[C@@H](N)CCCN=C(N)N. The Morgan fingerprint density at radius 3 is 2.00 bits per heavy atom. The van der Waals surface area contributed by atoms with Crippen LogP contribution in [0.2, 0.25) is 0 Å². The smallest absolute Gasteiger partial charge is 0.326 e. The number of hydrogen-bond acceptors (Lipinski definition) is 10. The van der Waals surface area contributed by atoms with E-state index in [-0.39, 0.29) is 87.7 Å². The number of guanidine groups is 2. The van der Waals surface area contributed by atoms with Gasteiger partial charge in [-0.15, -0.1) is 0 Å². The molecular formula is C39H66N12O8. The van der Waals surface area contributed by atoms with E-state index in [0.717, 1.165) is 0 Å². The number of aliphatic carboxylic acids is 1. The van der Waals surface area contributed by atoms with Crippen molar-refractivity contribution >= 4 is 47.4 Å². The molecule has 330 valence electrons. The molecule has 0 spiro atoms. The van der Waals surface area contributed by atoms with Gasteiger partial charge in [0.25, 0.3) is 0 Å². The third kappa shape index (κ3) is 17.8. The lowest BCUT2D eigenvalue weighted by Gasteiger charge is -2.31. The molecule has 16 N–H and O–H groups in total. The summed E-state index contributed by atoms with van der Waals surface area (Å²) in [5, 5.41) is 30.6. The molecule has 1 aliphatic heterocycles. The van der Waals surface area contributed by atoms with Crippen molar-refractivity contribution in [3.05, 3.63) is 29.8 Å². The van der Waals surface area contributed by atoms with Crippen LogP contribution in [-0.2, 0) is 35.2 Å². The number of nitrogens with zero attached hydrogens (tertiary/aromatic N) is 3. The third-order valence-electron chi connectivity index (χ3n) is 10.1. The number of carbonyl (C=O) groups excluding carboxylic acids is 5. The van der Waals surface area contributed by atoms with Crippen molar-refractivity contribution in [3.8, 4) is 5.75 Å². The van der Waals surface area contributed by atoms with Crippen molar-refractivity contribution in [2.45, 2.75) is 128 Å². The maximum atomic E-state index is 14.1. The van der Waals surface area contributed by atoms with Crippen LogP contribution in [0.1, 0.15) is 91.0 Å². The largest absolute Gasteiger partial charge is 0.508 e. The van der Waals surface area contributed by atoms with E-state index in [4.69, 9.17) is 28.7 Å². The van der Waals surface area contributed by atoms with Crippen molar-refractivity contribution in [2.24, 2.45) is 50.5 Å². The average molecular weight is 831 g/mol. The first-order chi connectivity index (χ1) is 27.8. The first-order valence-electron chi connectivity index (χ1n) is 20.2. The molecule has 20 nitrogen and oxygen atoms in total. The molecule has 1 saturated heterocycles. The number of phenols is 1. The summed E-state index contributed by atoms with van der Waals surface area (Å²) in [5.74, 6) is -4.43. The van der Waals surface area contributed by atoms with Gasteiger partial charge in [-0.3, -0.25) is 34.0 Å². The number of hydrogen-bond donors (Lipinski definition) is 11. The van der Waals surface area contributed by atoms with Crippen LogP contribution in [0, 0.1) is 11.8 Å². The quantitative estimate of drug-likeness (QED) is 0.0316. The van der Waals surface area contributed by atoms with Crippen LogP contribution in [0.4, 0.5) is 0 Å². The number of carbonyl (C=O) groups is 6. The number of rotatable bonds is 25. The Labute approximate surface area is 345 Å². The van der Waals surface area contributed by atoms with Crippen LogP contribution in [0.15, 0.2) is 34.3 Å². The minimum absolute atomic E-state index is 0.00202. The first-order valence-corrected chi connectivity index (χ1v) is 20.2. The van der Waals surface area contributed by atoms with Crippen LogP contribution in [-0.4, -0.2) is 118 Å². The van der Waals surface area contributed by atoms with Crippen LogP contribution >= 0.6 is 0 Å². The molecule has 0 unspecified atom stereocenters. The molecule has 1 aromatic rings. The zero-order chi connectivity index (χ0) is 44.2. The van der Waals surface area contributed by atoms with Gasteiger partial charge >= 0.3 is 5.97 Å². The molecule has 0 radical (unpaired) electrons. The predicted octanol–water partition coefficient (Wildman–Crippen LogP) is -1.13. The first kappa shape index (κ1) is 49.5. The molecule has 1 aliphatic rings. The standard InChI is InChI=1S/C39H66N12O8/c1-5-23(4)28(21-32(53)47-30(37(58)59)19-22(2)3)49-34(55)29(20-24-12-14-25(52)15-13-24)50-35(56)31-11-8-18-51(31)36(57)27(10-7-17-46-39(43)44)48-33(54)26(40)9-6-16-45-38(41)42/h12-15,22-23,26-31,52H,5-11,16-21,40H2,1-4H3,(H,47,53)(H,48,54)(H,49,55)(H,50,56)(H,58,59)(H4,41,42,45)(H4,43,44,46)/t23-,26-,27-,28-,29-,30-,31-/m0/s1. The summed E-state index contributed by atoms with van der Waals surface area (Å²) in [6, 6.07) is 0.0692. The molecule has 2 rings (SSSR count). The number of nitrogens with one attached hydrogen (secondary N) is 4. The summed E-state index contributed by atoms with van der Waals surface area (Å²) in [4.78, 5) is 89.7. The number of likely N-dealkylation sites (tertiary alicyclic amines) is 1. The lowest BCUT2D eigenvalue weighted by atomic mass is 9.94. The molecule has 1 aromatic carbocycles.